The second kappa shape index (κ2) is 9.27. The lowest BCUT2D eigenvalue weighted by molar-refractivity contribution is -0.116. The van der Waals surface area contributed by atoms with Gasteiger partial charge in [-0.15, -0.1) is 0 Å². The summed E-state index contributed by atoms with van der Waals surface area (Å²) in [5, 5.41) is 2.90. The van der Waals surface area contributed by atoms with Crippen LogP contribution in [0, 0.1) is 5.92 Å². The van der Waals surface area contributed by atoms with Gasteiger partial charge in [0, 0.05) is 38.3 Å². The highest BCUT2D eigenvalue weighted by molar-refractivity contribution is 5.90. The second-order valence-corrected chi connectivity index (χ2v) is 7.11. The minimum absolute atomic E-state index is 0.0665. The number of amides is 1. The molecule has 1 aromatic rings. The van der Waals surface area contributed by atoms with Crippen LogP contribution < -0.4 is 5.32 Å². The van der Waals surface area contributed by atoms with Crippen molar-refractivity contribution >= 4 is 11.6 Å². The summed E-state index contributed by atoms with van der Waals surface area (Å²) in [7, 11) is 0. The molecular formula is C19H30N4O2. The van der Waals surface area contributed by atoms with Crippen molar-refractivity contribution in [2.75, 3.05) is 51.3 Å². The summed E-state index contributed by atoms with van der Waals surface area (Å²) in [5.41, 5.74) is 0.769. The molecule has 2 aliphatic heterocycles. The number of hydrogen-bond acceptors (Lipinski definition) is 5. The quantitative estimate of drug-likeness (QED) is 0.852. The number of anilines is 1. The summed E-state index contributed by atoms with van der Waals surface area (Å²) >= 11 is 0. The van der Waals surface area contributed by atoms with Gasteiger partial charge in [-0.1, -0.05) is 0 Å². The number of pyridine rings is 1. The molecule has 2 saturated heterocycles. The summed E-state index contributed by atoms with van der Waals surface area (Å²) in [5.74, 6) is 0.829. The van der Waals surface area contributed by atoms with Crippen molar-refractivity contribution in [1.82, 2.24) is 14.8 Å². The minimum atomic E-state index is 0.0665. The normalized spacial score (nSPS) is 21.8. The minimum Gasteiger partial charge on any atom is -0.379 e. The van der Waals surface area contributed by atoms with Crippen LogP contribution in [-0.2, 0) is 9.53 Å². The van der Waals surface area contributed by atoms with Crippen molar-refractivity contribution in [2.24, 2.45) is 5.92 Å². The molecule has 1 atom stereocenters. The molecule has 1 unspecified atom stereocenters. The molecular weight excluding hydrogens is 316 g/mol. The van der Waals surface area contributed by atoms with Crippen molar-refractivity contribution in [3.8, 4) is 0 Å². The number of carbonyl (C=O) groups is 1. The van der Waals surface area contributed by atoms with Crippen molar-refractivity contribution in [2.45, 2.75) is 32.2 Å². The van der Waals surface area contributed by atoms with Gasteiger partial charge in [-0.2, -0.15) is 0 Å². The first kappa shape index (κ1) is 18.3. The third-order valence-electron chi connectivity index (χ3n) is 5.54. The summed E-state index contributed by atoms with van der Waals surface area (Å²) in [6.45, 7) is 9.27. The Labute approximate surface area is 150 Å². The van der Waals surface area contributed by atoms with E-state index in [4.69, 9.17) is 4.74 Å². The molecule has 0 bridgehead atoms. The van der Waals surface area contributed by atoms with Gasteiger partial charge in [0.2, 0.25) is 5.91 Å². The van der Waals surface area contributed by atoms with E-state index >= 15 is 0 Å². The van der Waals surface area contributed by atoms with Crippen LogP contribution in [0.2, 0.25) is 0 Å². The summed E-state index contributed by atoms with van der Waals surface area (Å²) < 4.78 is 5.46. The highest BCUT2D eigenvalue weighted by Gasteiger charge is 2.28. The number of likely N-dealkylation sites (tertiary alicyclic amines) is 1. The van der Waals surface area contributed by atoms with Gasteiger partial charge in [-0.3, -0.25) is 14.7 Å². The van der Waals surface area contributed by atoms with E-state index in [1.807, 2.05) is 12.1 Å². The van der Waals surface area contributed by atoms with Crippen LogP contribution in [0.5, 0.6) is 0 Å². The zero-order valence-electron chi connectivity index (χ0n) is 15.2. The number of nitrogens with one attached hydrogen (secondary N) is 1. The molecule has 6 heteroatoms. The standard InChI is InChI=1S/C19H30N4O2/c1-16(23-11-13-25-14-12-23)17-4-8-22(9-5-17)10-6-19(24)21-18-3-2-7-20-15-18/h2-3,7,15-17H,4-6,8-14H2,1H3,(H,21,24). The molecule has 0 aromatic carbocycles. The summed E-state index contributed by atoms with van der Waals surface area (Å²) in [6.07, 6.45) is 6.37. The highest BCUT2D eigenvalue weighted by Crippen LogP contribution is 2.24. The van der Waals surface area contributed by atoms with E-state index in [0.717, 1.165) is 57.5 Å². The van der Waals surface area contributed by atoms with Crippen molar-refractivity contribution in [3.63, 3.8) is 0 Å². The third-order valence-corrected chi connectivity index (χ3v) is 5.54. The zero-order chi connectivity index (χ0) is 17.5. The number of hydrogen-bond donors (Lipinski definition) is 1. The number of aromatic nitrogens is 1. The number of nitrogens with zero attached hydrogens (tertiary/aromatic N) is 3. The molecule has 1 N–H and O–H groups in total. The van der Waals surface area contributed by atoms with E-state index < -0.39 is 0 Å². The van der Waals surface area contributed by atoms with E-state index in [1.165, 1.54) is 12.8 Å². The number of piperidine rings is 1. The molecule has 0 spiro atoms. The maximum atomic E-state index is 12.1. The molecule has 25 heavy (non-hydrogen) atoms. The van der Waals surface area contributed by atoms with E-state index in [-0.39, 0.29) is 5.91 Å². The van der Waals surface area contributed by atoms with Crippen LogP contribution >= 0.6 is 0 Å². The lowest BCUT2D eigenvalue weighted by Crippen LogP contribution is -2.48. The Morgan fingerprint density at radius 3 is 2.76 bits per heavy atom. The van der Waals surface area contributed by atoms with Crippen molar-refractivity contribution < 1.29 is 9.53 Å². The predicted octanol–water partition coefficient (Wildman–Crippen LogP) is 1.84. The van der Waals surface area contributed by atoms with Gasteiger partial charge in [0.1, 0.15) is 0 Å². The fourth-order valence-electron chi connectivity index (χ4n) is 3.86. The Bertz CT molecular complexity index is 525. The number of morpholine rings is 1. The first-order valence-electron chi connectivity index (χ1n) is 9.46. The van der Waals surface area contributed by atoms with Crippen LogP contribution in [0.15, 0.2) is 24.5 Å². The summed E-state index contributed by atoms with van der Waals surface area (Å²) in [6, 6.07) is 4.33. The van der Waals surface area contributed by atoms with E-state index in [0.29, 0.717) is 12.5 Å². The smallest absolute Gasteiger partial charge is 0.225 e. The SMILES string of the molecule is CC(C1CCN(CCC(=O)Nc2cccnc2)CC1)N1CCOCC1. The molecule has 0 radical (unpaired) electrons. The third kappa shape index (κ3) is 5.49. The first-order valence-corrected chi connectivity index (χ1v) is 9.46. The van der Waals surface area contributed by atoms with Gasteiger partial charge in [0.25, 0.3) is 0 Å². The molecule has 2 fully saturated rings. The first-order chi connectivity index (χ1) is 12.2. The van der Waals surface area contributed by atoms with Gasteiger partial charge >= 0.3 is 0 Å². The van der Waals surface area contributed by atoms with Crippen LogP contribution in [0.3, 0.4) is 0 Å². The van der Waals surface area contributed by atoms with Crippen LogP contribution in [0.1, 0.15) is 26.2 Å². The highest BCUT2D eigenvalue weighted by atomic mass is 16.5. The van der Waals surface area contributed by atoms with Crippen molar-refractivity contribution in [3.05, 3.63) is 24.5 Å². The molecule has 3 heterocycles. The fourth-order valence-corrected chi connectivity index (χ4v) is 3.86. The van der Waals surface area contributed by atoms with E-state index in [1.54, 1.807) is 12.4 Å². The zero-order valence-corrected chi connectivity index (χ0v) is 15.2. The van der Waals surface area contributed by atoms with E-state index in [2.05, 4.69) is 27.0 Å². The lowest BCUT2D eigenvalue weighted by Gasteiger charge is -2.41. The fraction of sp³-hybridized carbons (Fsp3) is 0.684. The average molecular weight is 346 g/mol. The predicted molar refractivity (Wildman–Crippen MR) is 98.5 cm³/mol. The number of ether oxygens (including phenoxy) is 1. The Kier molecular flexibility index (Phi) is 6.78. The second-order valence-electron chi connectivity index (χ2n) is 7.11. The number of carbonyl (C=O) groups excluding carboxylic acids is 1. The Morgan fingerprint density at radius 2 is 2.08 bits per heavy atom. The Hall–Kier alpha value is -1.50. The largest absolute Gasteiger partial charge is 0.379 e. The average Bonchev–Trinajstić information content (AvgIpc) is 2.68. The van der Waals surface area contributed by atoms with Crippen LogP contribution in [0.25, 0.3) is 0 Å². The monoisotopic (exact) mass is 346 g/mol. The Morgan fingerprint density at radius 1 is 1.32 bits per heavy atom. The molecule has 2 aliphatic rings. The van der Waals surface area contributed by atoms with Gasteiger partial charge in [0.05, 0.1) is 25.1 Å². The maximum absolute atomic E-state index is 12.1. The molecule has 1 amide bonds. The van der Waals surface area contributed by atoms with Crippen LogP contribution in [-0.4, -0.2) is 72.7 Å². The van der Waals surface area contributed by atoms with Gasteiger partial charge in [0.15, 0.2) is 0 Å². The van der Waals surface area contributed by atoms with Gasteiger partial charge in [-0.05, 0) is 50.9 Å². The molecule has 6 nitrogen and oxygen atoms in total. The van der Waals surface area contributed by atoms with E-state index in [9.17, 15) is 4.79 Å². The molecule has 3 rings (SSSR count). The molecule has 0 saturated carbocycles. The van der Waals surface area contributed by atoms with Gasteiger partial charge in [-0.25, -0.2) is 0 Å². The Balaban J connectivity index is 1.35. The summed E-state index contributed by atoms with van der Waals surface area (Å²) in [4.78, 5) is 21.1. The molecule has 138 valence electrons. The van der Waals surface area contributed by atoms with Gasteiger partial charge < -0.3 is 15.0 Å². The lowest BCUT2D eigenvalue weighted by atomic mass is 9.89. The van der Waals surface area contributed by atoms with Crippen molar-refractivity contribution in [1.29, 1.82) is 0 Å². The molecule has 1 aromatic heterocycles. The topological polar surface area (TPSA) is 57.7 Å². The molecule has 0 aliphatic carbocycles. The maximum Gasteiger partial charge on any atom is 0.225 e. The number of rotatable bonds is 6. The van der Waals surface area contributed by atoms with Crippen LogP contribution in [0.4, 0.5) is 5.69 Å².